The van der Waals surface area contributed by atoms with Crippen LogP contribution in [-0.2, 0) is 14.8 Å². The highest BCUT2D eigenvalue weighted by molar-refractivity contribution is 7.91. The molecule has 0 radical (unpaired) electrons. The first-order valence-electron chi connectivity index (χ1n) is 7.36. The van der Waals surface area contributed by atoms with E-state index in [-0.39, 0.29) is 28.9 Å². The van der Waals surface area contributed by atoms with E-state index in [0.29, 0.717) is 17.7 Å². The van der Waals surface area contributed by atoms with Crippen molar-refractivity contribution in [3.8, 4) is 0 Å². The summed E-state index contributed by atoms with van der Waals surface area (Å²) in [6.45, 7) is 1.95. The van der Waals surface area contributed by atoms with E-state index in [9.17, 15) is 17.6 Å². The number of nitrogens with one attached hydrogen (secondary N) is 1. The standard InChI is InChI=1S/C16H19FN2O3S2/c1-12-11-13(17)7-8-14(12)18-15(20)5-3-9-19(2)24(21,22)16-6-4-10-23-16/h4,6-8,10-11H,3,5,9H2,1-2H3,(H,18,20). The van der Waals surface area contributed by atoms with Crippen LogP contribution in [0.15, 0.2) is 39.9 Å². The van der Waals surface area contributed by atoms with Crippen molar-refractivity contribution in [3.63, 3.8) is 0 Å². The van der Waals surface area contributed by atoms with Crippen LogP contribution >= 0.6 is 11.3 Å². The van der Waals surface area contributed by atoms with Crippen molar-refractivity contribution in [1.29, 1.82) is 0 Å². The summed E-state index contributed by atoms with van der Waals surface area (Å²) in [6.07, 6.45) is 0.578. The molecule has 8 heteroatoms. The number of sulfonamides is 1. The van der Waals surface area contributed by atoms with E-state index < -0.39 is 10.0 Å². The van der Waals surface area contributed by atoms with E-state index in [1.807, 2.05) is 0 Å². The molecule has 1 aromatic heterocycles. The number of hydrogen-bond donors (Lipinski definition) is 1. The van der Waals surface area contributed by atoms with Gasteiger partial charge in [-0.2, -0.15) is 0 Å². The summed E-state index contributed by atoms with van der Waals surface area (Å²) in [4.78, 5) is 11.9. The van der Waals surface area contributed by atoms with E-state index in [2.05, 4.69) is 5.32 Å². The maximum atomic E-state index is 13.0. The molecular formula is C16H19FN2O3S2. The summed E-state index contributed by atoms with van der Waals surface area (Å²) in [5.41, 5.74) is 1.20. The molecule has 1 aromatic carbocycles. The molecule has 2 aromatic rings. The second-order valence-electron chi connectivity index (χ2n) is 5.37. The van der Waals surface area contributed by atoms with Crippen molar-refractivity contribution in [3.05, 3.63) is 47.1 Å². The molecule has 24 heavy (non-hydrogen) atoms. The smallest absolute Gasteiger partial charge is 0.252 e. The lowest BCUT2D eigenvalue weighted by Crippen LogP contribution is -2.28. The van der Waals surface area contributed by atoms with Crippen LogP contribution in [0.3, 0.4) is 0 Å². The molecule has 0 spiro atoms. The first kappa shape index (κ1) is 18.6. The van der Waals surface area contributed by atoms with Gasteiger partial charge in [0.15, 0.2) is 0 Å². The zero-order valence-corrected chi connectivity index (χ0v) is 15.1. The van der Waals surface area contributed by atoms with Gasteiger partial charge in [-0.15, -0.1) is 11.3 Å². The van der Waals surface area contributed by atoms with Gasteiger partial charge in [0.2, 0.25) is 5.91 Å². The normalized spacial score (nSPS) is 11.7. The average Bonchev–Trinajstić information content (AvgIpc) is 3.05. The molecule has 1 heterocycles. The average molecular weight is 370 g/mol. The van der Waals surface area contributed by atoms with Gasteiger partial charge in [-0.05, 0) is 48.6 Å². The van der Waals surface area contributed by atoms with Gasteiger partial charge in [-0.25, -0.2) is 17.1 Å². The first-order chi connectivity index (χ1) is 11.3. The zero-order chi connectivity index (χ0) is 17.7. The van der Waals surface area contributed by atoms with Crippen molar-refractivity contribution in [1.82, 2.24) is 4.31 Å². The fourth-order valence-corrected chi connectivity index (χ4v) is 4.54. The number of carbonyl (C=O) groups excluding carboxylic acids is 1. The number of anilines is 1. The lowest BCUT2D eigenvalue weighted by molar-refractivity contribution is -0.116. The number of benzene rings is 1. The van der Waals surface area contributed by atoms with Crippen LogP contribution in [0.1, 0.15) is 18.4 Å². The van der Waals surface area contributed by atoms with Gasteiger partial charge in [0.1, 0.15) is 10.0 Å². The maximum Gasteiger partial charge on any atom is 0.252 e. The number of thiophene rings is 1. The van der Waals surface area contributed by atoms with Crippen LogP contribution in [0.4, 0.5) is 10.1 Å². The van der Waals surface area contributed by atoms with Crippen LogP contribution in [-0.4, -0.2) is 32.2 Å². The SMILES string of the molecule is Cc1cc(F)ccc1NC(=O)CCCN(C)S(=O)(=O)c1cccs1. The maximum absolute atomic E-state index is 13.0. The number of carbonyl (C=O) groups is 1. The Morgan fingerprint density at radius 1 is 1.33 bits per heavy atom. The molecule has 130 valence electrons. The molecule has 0 aliphatic carbocycles. The third-order valence-electron chi connectivity index (χ3n) is 3.50. The largest absolute Gasteiger partial charge is 0.326 e. The van der Waals surface area contributed by atoms with Crippen molar-refractivity contribution in [2.45, 2.75) is 24.0 Å². The molecule has 0 saturated heterocycles. The Bertz CT molecular complexity index is 805. The Hall–Kier alpha value is -1.77. The highest BCUT2D eigenvalue weighted by Crippen LogP contribution is 2.20. The van der Waals surface area contributed by atoms with Gasteiger partial charge in [0.25, 0.3) is 10.0 Å². The summed E-state index contributed by atoms with van der Waals surface area (Å²) in [5.74, 6) is -0.586. The Kier molecular flexibility index (Phi) is 6.09. The van der Waals surface area contributed by atoms with Gasteiger partial charge < -0.3 is 5.32 Å². The Morgan fingerprint density at radius 2 is 2.08 bits per heavy atom. The minimum atomic E-state index is -3.49. The molecule has 0 bridgehead atoms. The number of amides is 1. The van der Waals surface area contributed by atoms with E-state index in [4.69, 9.17) is 0 Å². The molecule has 1 amide bonds. The number of nitrogens with zero attached hydrogens (tertiary/aromatic N) is 1. The van der Waals surface area contributed by atoms with Gasteiger partial charge in [-0.1, -0.05) is 6.07 Å². The fraction of sp³-hybridized carbons (Fsp3) is 0.312. The lowest BCUT2D eigenvalue weighted by Gasteiger charge is -2.15. The van der Waals surface area contributed by atoms with Gasteiger partial charge in [-0.3, -0.25) is 4.79 Å². The number of aryl methyl sites for hydroxylation is 1. The van der Waals surface area contributed by atoms with Crippen molar-refractivity contribution < 1.29 is 17.6 Å². The number of rotatable bonds is 7. The second kappa shape index (κ2) is 7.87. The molecule has 0 aliphatic rings. The zero-order valence-electron chi connectivity index (χ0n) is 13.5. The lowest BCUT2D eigenvalue weighted by atomic mass is 10.2. The number of halogens is 1. The summed E-state index contributed by atoms with van der Waals surface area (Å²) in [7, 11) is -1.99. The van der Waals surface area contributed by atoms with Crippen molar-refractivity contribution in [2.75, 3.05) is 18.9 Å². The quantitative estimate of drug-likeness (QED) is 0.814. The van der Waals surface area contributed by atoms with Gasteiger partial charge >= 0.3 is 0 Å². The highest BCUT2D eigenvalue weighted by Gasteiger charge is 2.21. The molecular weight excluding hydrogens is 351 g/mol. The van der Waals surface area contributed by atoms with Crippen LogP contribution in [0.2, 0.25) is 0 Å². The van der Waals surface area contributed by atoms with Crippen LogP contribution in [0.25, 0.3) is 0 Å². The third-order valence-corrected chi connectivity index (χ3v) is 6.73. The molecule has 0 fully saturated rings. The second-order valence-corrected chi connectivity index (χ2v) is 8.59. The Balaban J connectivity index is 1.84. The van der Waals surface area contributed by atoms with E-state index in [0.717, 1.165) is 11.3 Å². The highest BCUT2D eigenvalue weighted by atomic mass is 32.2. The predicted octanol–water partition coefficient (Wildman–Crippen LogP) is 3.24. The fourth-order valence-electron chi connectivity index (χ4n) is 2.13. The van der Waals surface area contributed by atoms with Crippen LogP contribution in [0, 0.1) is 12.7 Å². The molecule has 0 saturated carbocycles. The minimum absolute atomic E-state index is 0.182. The summed E-state index contributed by atoms with van der Waals surface area (Å²) >= 11 is 1.16. The Morgan fingerprint density at radius 3 is 2.71 bits per heavy atom. The molecule has 5 nitrogen and oxygen atoms in total. The molecule has 2 rings (SSSR count). The topological polar surface area (TPSA) is 66.5 Å². The van der Waals surface area contributed by atoms with Crippen LogP contribution < -0.4 is 5.32 Å². The Labute approximate surface area is 145 Å². The van der Waals surface area contributed by atoms with E-state index in [1.54, 1.807) is 24.4 Å². The molecule has 0 aliphatic heterocycles. The van der Waals surface area contributed by atoms with Crippen molar-refractivity contribution in [2.24, 2.45) is 0 Å². The molecule has 0 unspecified atom stereocenters. The molecule has 0 atom stereocenters. The van der Waals surface area contributed by atoms with E-state index >= 15 is 0 Å². The third kappa shape index (κ3) is 4.62. The van der Waals surface area contributed by atoms with E-state index in [1.165, 1.54) is 29.6 Å². The summed E-state index contributed by atoms with van der Waals surface area (Å²) in [6, 6.07) is 7.38. The minimum Gasteiger partial charge on any atom is -0.326 e. The van der Waals surface area contributed by atoms with Gasteiger partial charge in [0.05, 0.1) is 0 Å². The van der Waals surface area contributed by atoms with Gasteiger partial charge in [0, 0.05) is 25.7 Å². The van der Waals surface area contributed by atoms with Crippen LogP contribution in [0.5, 0.6) is 0 Å². The summed E-state index contributed by atoms with van der Waals surface area (Å²) < 4.78 is 39.0. The monoisotopic (exact) mass is 370 g/mol. The molecule has 1 N–H and O–H groups in total. The first-order valence-corrected chi connectivity index (χ1v) is 9.68. The summed E-state index contributed by atoms with van der Waals surface area (Å²) in [5, 5.41) is 4.41. The predicted molar refractivity (Wildman–Crippen MR) is 93.1 cm³/mol. The van der Waals surface area contributed by atoms with Crippen molar-refractivity contribution >= 4 is 33.0 Å². The number of hydrogen-bond acceptors (Lipinski definition) is 4.